The third-order valence-corrected chi connectivity index (χ3v) is 7.38. The molecule has 3 aromatic rings. The van der Waals surface area contributed by atoms with Crippen LogP contribution in [0.2, 0.25) is 0 Å². The molecule has 0 aliphatic carbocycles. The molecule has 5 rings (SSSR count). The molecule has 0 unspecified atom stereocenters. The fourth-order valence-corrected chi connectivity index (χ4v) is 5.42. The van der Waals surface area contributed by atoms with Gasteiger partial charge in [-0.2, -0.15) is 0 Å². The van der Waals surface area contributed by atoms with Crippen LogP contribution in [0.15, 0.2) is 54.6 Å². The molecule has 1 amide bonds. The molecule has 7 nitrogen and oxygen atoms in total. The van der Waals surface area contributed by atoms with Crippen molar-refractivity contribution in [2.24, 2.45) is 5.92 Å². The molecule has 0 radical (unpaired) electrons. The number of fused-ring (bicyclic) bond motifs is 3. The number of hydrogen-bond acceptors (Lipinski definition) is 6. The zero-order valence-corrected chi connectivity index (χ0v) is 20.6. The minimum atomic E-state index is -0.473. The molecule has 8 heteroatoms. The summed E-state index contributed by atoms with van der Waals surface area (Å²) < 4.78 is 1.71. The highest BCUT2D eigenvalue weighted by Gasteiger charge is 2.32. The number of anilines is 1. The second-order valence-electron chi connectivity index (χ2n) is 9.49. The normalized spacial score (nSPS) is 18.4. The second-order valence-corrected chi connectivity index (χ2v) is 9.86. The van der Waals surface area contributed by atoms with Crippen molar-refractivity contribution in [3.05, 3.63) is 64.9 Å². The van der Waals surface area contributed by atoms with Crippen LogP contribution in [0.4, 0.5) is 5.82 Å². The molecule has 1 aromatic heterocycles. The number of benzene rings is 2. The standard InChI is InChI=1S/C27H31N5O2S/c33-24(28-14-17-31-15-12-20(13-16-31)18-19-6-2-1-3-7-19)11-10-23-26(34)32-25(29-23)21-8-4-5-9-22(21)30-27(32)35/h1-9,20,23,29H,10-18H2,(H,28,33)/t23-/m0/s1. The van der Waals surface area contributed by atoms with Gasteiger partial charge < -0.3 is 15.5 Å². The third-order valence-electron chi connectivity index (χ3n) is 7.10. The highest BCUT2D eigenvalue weighted by molar-refractivity contribution is 7.71. The third kappa shape index (κ3) is 5.44. The van der Waals surface area contributed by atoms with Crippen molar-refractivity contribution in [1.82, 2.24) is 19.8 Å². The van der Waals surface area contributed by atoms with Gasteiger partial charge in [0.25, 0.3) is 5.91 Å². The number of rotatable bonds is 8. The van der Waals surface area contributed by atoms with E-state index in [1.807, 2.05) is 24.3 Å². The predicted octanol–water partition coefficient (Wildman–Crippen LogP) is 4.05. The molecule has 2 N–H and O–H groups in total. The zero-order chi connectivity index (χ0) is 24.2. The van der Waals surface area contributed by atoms with E-state index in [9.17, 15) is 9.59 Å². The van der Waals surface area contributed by atoms with Crippen molar-refractivity contribution in [1.29, 1.82) is 0 Å². The quantitative estimate of drug-likeness (QED) is 0.465. The number of hydrogen-bond donors (Lipinski definition) is 2. The minimum absolute atomic E-state index is 0.0268. The van der Waals surface area contributed by atoms with E-state index in [1.165, 1.54) is 23.0 Å². The second kappa shape index (κ2) is 10.7. The predicted molar refractivity (Wildman–Crippen MR) is 140 cm³/mol. The van der Waals surface area contributed by atoms with E-state index in [0.29, 0.717) is 18.8 Å². The number of nitrogens with one attached hydrogen (secondary N) is 2. The van der Waals surface area contributed by atoms with E-state index < -0.39 is 6.04 Å². The van der Waals surface area contributed by atoms with Crippen molar-refractivity contribution < 1.29 is 9.59 Å². The lowest BCUT2D eigenvalue weighted by molar-refractivity contribution is -0.121. The van der Waals surface area contributed by atoms with E-state index in [0.717, 1.165) is 42.9 Å². The fourth-order valence-electron chi connectivity index (χ4n) is 5.14. The smallest absolute Gasteiger partial charge is 0.257 e. The maximum absolute atomic E-state index is 12.9. The molecule has 182 valence electrons. The van der Waals surface area contributed by atoms with E-state index in [4.69, 9.17) is 12.2 Å². The van der Waals surface area contributed by atoms with Crippen LogP contribution in [0.1, 0.15) is 36.0 Å². The number of nitrogens with zero attached hydrogens (tertiary/aromatic N) is 3. The summed E-state index contributed by atoms with van der Waals surface area (Å²) in [5.41, 5.74) is 2.18. The van der Waals surface area contributed by atoms with Crippen molar-refractivity contribution >= 4 is 40.8 Å². The highest BCUT2D eigenvalue weighted by atomic mass is 32.1. The average Bonchev–Trinajstić information content (AvgIpc) is 3.21. The SMILES string of the molecule is O=C(CC[C@@H]1Nc2c3ccccc3nc(=S)n2C1=O)NCCN1CCC(Cc2ccccc2)CC1. The van der Waals surface area contributed by atoms with Gasteiger partial charge in [0.2, 0.25) is 10.7 Å². The van der Waals surface area contributed by atoms with Crippen LogP contribution in [0.3, 0.4) is 0 Å². The molecule has 2 aliphatic rings. The lowest BCUT2D eigenvalue weighted by atomic mass is 9.90. The largest absolute Gasteiger partial charge is 0.359 e. The number of amides is 1. The number of carbonyl (C=O) groups excluding carboxylic acids is 2. The minimum Gasteiger partial charge on any atom is -0.359 e. The van der Waals surface area contributed by atoms with Crippen LogP contribution in [0, 0.1) is 10.7 Å². The van der Waals surface area contributed by atoms with Crippen LogP contribution in [0.5, 0.6) is 0 Å². The Bertz CT molecular complexity index is 1270. The topological polar surface area (TPSA) is 79.3 Å². The first-order chi connectivity index (χ1) is 17.1. The van der Waals surface area contributed by atoms with Crippen LogP contribution in [-0.2, 0) is 11.2 Å². The Kier molecular flexibility index (Phi) is 7.20. The summed E-state index contributed by atoms with van der Waals surface area (Å²) in [4.78, 5) is 32.1. The molecule has 1 saturated heterocycles. The maximum atomic E-state index is 12.9. The van der Waals surface area contributed by atoms with Crippen LogP contribution >= 0.6 is 12.2 Å². The molecule has 1 fully saturated rings. The molecule has 3 heterocycles. The van der Waals surface area contributed by atoms with Crippen molar-refractivity contribution in [3.63, 3.8) is 0 Å². The van der Waals surface area contributed by atoms with E-state index in [2.05, 4.69) is 50.8 Å². The van der Waals surface area contributed by atoms with Crippen molar-refractivity contribution in [2.45, 2.75) is 38.1 Å². The maximum Gasteiger partial charge on any atom is 0.257 e. The summed E-state index contributed by atoms with van der Waals surface area (Å²) in [7, 11) is 0. The summed E-state index contributed by atoms with van der Waals surface area (Å²) in [5.74, 6) is 1.24. The van der Waals surface area contributed by atoms with Gasteiger partial charge in [0.15, 0.2) is 0 Å². The van der Waals surface area contributed by atoms with Gasteiger partial charge in [0.1, 0.15) is 11.9 Å². The van der Waals surface area contributed by atoms with E-state index in [1.54, 1.807) is 0 Å². The van der Waals surface area contributed by atoms with E-state index in [-0.39, 0.29) is 23.0 Å². The van der Waals surface area contributed by atoms with Gasteiger partial charge in [0, 0.05) is 24.9 Å². The van der Waals surface area contributed by atoms with Crippen LogP contribution in [0.25, 0.3) is 10.9 Å². The molecule has 1 atom stereocenters. The monoisotopic (exact) mass is 489 g/mol. The number of carbonyl (C=O) groups is 2. The number of para-hydroxylation sites is 1. The molecule has 0 bridgehead atoms. The molecule has 2 aromatic carbocycles. The van der Waals surface area contributed by atoms with Gasteiger partial charge in [0.05, 0.1) is 5.52 Å². The first kappa shape index (κ1) is 23.6. The summed E-state index contributed by atoms with van der Waals surface area (Å²) in [6, 6.07) is 17.8. The van der Waals surface area contributed by atoms with Gasteiger partial charge in [-0.3, -0.25) is 9.59 Å². The van der Waals surface area contributed by atoms with Crippen LogP contribution in [-0.4, -0.2) is 58.5 Å². The molecule has 2 aliphatic heterocycles. The Hall–Kier alpha value is -3.10. The highest BCUT2D eigenvalue weighted by Crippen LogP contribution is 2.29. The van der Waals surface area contributed by atoms with Crippen molar-refractivity contribution in [3.8, 4) is 0 Å². The number of likely N-dealkylation sites (tertiary alicyclic amines) is 1. The Morgan fingerprint density at radius 2 is 1.83 bits per heavy atom. The lowest BCUT2D eigenvalue weighted by Crippen LogP contribution is -2.40. The van der Waals surface area contributed by atoms with E-state index >= 15 is 0 Å². The first-order valence-corrected chi connectivity index (χ1v) is 12.8. The number of aromatic nitrogens is 2. The van der Waals surface area contributed by atoms with Gasteiger partial charge in [-0.15, -0.1) is 0 Å². The van der Waals surface area contributed by atoms with Gasteiger partial charge in [-0.1, -0.05) is 42.5 Å². The summed E-state index contributed by atoms with van der Waals surface area (Å²) in [5, 5.41) is 7.15. The molecule has 0 spiro atoms. The Labute approximate surface area is 210 Å². The Morgan fingerprint density at radius 1 is 1.09 bits per heavy atom. The summed E-state index contributed by atoms with van der Waals surface area (Å²) in [6.07, 6.45) is 4.26. The van der Waals surface area contributed by atoms with Gasteiger partial charge in [-0.25, -0.2) is 9.55 Å². The Morgan fingerprint density at radius 3 is 2.63 bits per heavy atom. The Balaban J connectivity index is 1.04. The molecular weight excluding hydrogens is 458 g/mol. The number of piperidine rings is 1. The lowest BCUT2D eigenvalue weighted by Gasteiger charge is -2.32. The summed E-state index contributed by atoms with van der Waals surface area (Å²) in [6.45, 7) is 3.65. The van der Waals surface area contributed by atoms with Gasteiger partial charge in [-0.05, 0) is 74.6 Å². The van der Waals surface area contributed by atoms with Crippen LogP contribution < -0.4 is 10.6 Å². The zero-order valence-electron chi connectivity index (χ0n) is 19.8. The molecular formula is C27H31N5O2S. The van der Waals surface area contributed by atoms with Crippen molar-refractivity contribution in [2.75, 3.05) is 31.5 Å². The first-order valence-electron chi connectivity index (χ1n) is 12.4. The molecule has 35 heavy (non-hydrogen) atoms. The fraction of sp³-hybridized carbons (Fsp3) is 0.407. The summed E-state index contributed by atoms with van der Waals surface area (Å²) >= 11 is 5.34. The molecule has 0 saturated carbocycles. The van der Waals surface area contributed by atoms with Gasteiger partial charge >= 0.3 is 0 Å². The average molecular weight is 490 g/mol.